The van der Waals surface area contributed by atoms with Crippen molar-refractivity contribution in [1.29, 1.82) is 0 Å². The summed E-state index contributed by atoms with van der Waals surface area (Å²) in [6.45, 7) is 3.52. The van der Waals surface area contributed by atoms with E-state index in [1.807, 2.05) is 11.3 Å². The van der Waals surface area contributed by atoms with Crippen LogP contribution < -0.4 is 0 Å². The van der Waals surface area contributed by atoms with Gasteiger partial charge < -0.3 is 0 Å². The second-order valence-corrected chi connectivity index (χ2v) is 6.82. The van der Waals surface area contributed by atoms with E-state index < -0.39 is 0 Å². The van der Waals surface area contributed by atoms with Gasteiger partial charge in [-0.2, -0.15) is 0 Å². The van der Waals surface area contributed by atoms with Crippen LogP contribution in [0, 0.1) is 0 Å². The Morgan fingerprint density at radius 3 is 3.07 bits per heavy atom. The number of piperidine rings is 1. The second-order valence-electron chi connectivity index (χ2n) is 3.67. The van der Waals surface area contributed by atoms with Crippen LogP contribution in [0.4, 0.5) is 0 Å². The zero-order chi connectivity index (χ0) is 9.97. The Balaban J connectivity index is 1.94. The molecule has 1 atom stereocenters. The van der Waals surface area contributed by atoms with Crippen molar-refractivity contribution in [3.63, 3.8) is 0 Å². The van der Waals surface area contributed by atoms with Crippen LogP contribution in [0.2, 0.25) is 0 Å². The highest BCUT2D eigenvalue weighted by atomic mass is 79.9. The Hall–Kier alpha value is 0.620. The van der Waals surface area contributed by atoms with Gasteiger partial charge in [0.1, 0.15) is 0 Å². The molecule has 14 heavy (non-hydrogen) atoms. The summed E-state index contributed by atoms with van der Waals surface area (Å²) in [5, 5.41) is 2.15. The van der Waals surface area contributed by atoms with Gasteiger partial charge in [0.15, 0.2) is 0 Å². The monoisotopic (exact) mass is 337 g/mol. The highest BCUT2D eigenvalue weighted by molar-refractivity contribution is 9.10. The zero-order valence-electron chi connectivity index (χ0n) is 7.88. The fourth-order valence-corrected chi connectivity index (χ4v) is 4.04. The van der Waals surface area contributed by atoms with Crippen LogP contribution in [0.25, 0.3) is 0 Å². The van der Waals surface area contributed by atoms with Gasteiger partial charge in [-0.1, -0.05) is 15.9 Å². The van der Waals surface area contributed by atoms with Gasteiger partial charge in [0, 0.05) is 27.3 Å². The number of hydrogen-bond donors (Lipinski definition) is 0. The Bertz CT molecular complexity index is 300. The van der Waals surface area contributed by atoms with E-state index in [2.05, 4.69) is 48.2 Å². The lowest BCUT2D eigenvalue weighted by Gasteiger charge is -2.29. The first kappa shape index (κ1) is 11.1. The molecule has 0 spiro atoms. The Labute approximate surface area is 106 Å². The van der Waals surface area contributed by atoms with Crippen LogP contribution in [0.15, 0.2) is 15.9 Å². The molecule has 2 rings (SSSR count). The molecule has 0 radical (unpaired) electrons. The Morgan fingerprint density at radius 1 is 1.57 bits per heavy atom. The quantitative estimate of drug-likeness (QED) is 0.740. The van der Waals surface area contributed by atoms with Crippen molar-refractivity contribution in [1.82, 2.24) is 4.90 Å². The summed E-state index contributed by atoms with van der Waals surface area (Å²) in [6, 6.07) is 2.13. The molecule has 0 saturated carbocycles. The molecule has 0 bridgehead atoms. The maximum absolute atomic E-state index is 3.70. The van der Waals surface area contributed by atoms with Crippen LogP contribution in [0.5, 0.6) is 0 Å². The lowest BCUT2D eigenvalue weighted by molar-refractivity contribution is 0.229. The van der Waals surface area contributed by atoms with E-state index in [1.165, 1.54) is 35.3 Å². The summed E-state index contributed by atoms with van der Waals surface area (Å²) < 4.78 is 1.26. The van der Waals surface area contributed by atoms with E-state index in [1.54, 1.807) is 0 Å². The fraction of sp³-hybridized carbons (Fsp3) is 0.600. The van der Waals surface area contributed by atoms with Crippen molar-refractivity contribution in [3.05, 3.63) is 20.8 Å². The standard InChI is InChI=1S/C10H13Br2NS/c11-8-2-1-4-13(6-8)7-10-9(12)3-5-14-10/h3,5,8H,1-2,4,6-7H2. The lowest BCUT2D eigenvalue weighted by atomic mass is 10.1. The van der Waals surface area contributed by atoms with Crippen molar-refractivity contribution in [2.24, 2.45) is 0 Å². The van der Waals surface area contributed by atoms with Crippen LogP contribution >= 0.6 is 43.2 Å². The molecule has 4 heteroatoms. The van der Waals surface area contributed by atoms with Gasteiger partial charge in [-0.05, 0) is 46.8 Å². The number of nitrogens with zero attached hydrogens (tertiary/aromatic N) is 1. The van der Waals surface area contributed by atoms with Crippen molar-refractivity contribution in [3.8, 4) is 0 Å². The first-order chi connectivity index (χ1) is 6.75. The lowest BCUT2D eigenvalue weighted by Crippen LogP contribution is -2.34. The Morgan fingerprint density at radius 2 is 2.43 bits per heavy atom. The molecule has 2 heterocycles. The predicted molar refractivity (Wildman–Crippen MR) is 69.2 cm³/mol. The van der Waals surface area contributed by atoms with Crippen molar-refractivity contribution in [2.45, 2.75) is 24.2 Å². The van der Waals surface area contributed by atoms with Crippen molar-refractivity contribution < 1.29 is 0 Å². The predicted octanol–water partition coefficient (Wildman–Crippen LogP) is 3.87. The third kappa shape index (κ3) is 2.81. The number of thiophene rings is 1. The topological polar surface area (TPSA) is 3.24 Å². The minimum atomic E-state index is 0.690. The molecular weight excluding hydrogens is 326 g/mol. The van der Waals surface area contributed by atoms with Gasteiger partial charge >= 0.3 is 0 Å². The average molecular weight is 339 g/mol. The van der Waals surface area contributed by atoms with E-state index in [0.717, 1.165) is 6.54 Å². The molecule has 0 aliphatic carbocycles. The van der Waals surface area contributed by atoms with Crippen LogP contribution in [-0.2, 0) is 6.54 Å². The normalized spacial score (nSPS) is 24.0. The molecule has 1 saturated heterocycles. The molecule has 78 valence electrons. The first-order valence-corrected chi connectivity index (χ1v) is 7.43. The molecule has 1 fully saturated rings. The van der Waals surface area contributed by atoms with Gasteiger partial charge in [-0.15, -0.1) is 11.3 Å². The van der Waals surface area contributed by atoms with E-state index in [-0.39, 0.29) is 0 Å². The third-order valence-electron chi connectivity index (χ3n) is 2.51. The van der Waals surface area contributed by atoms with E-state index in [0.29, 0.717) is 4.83 Å². The molecule has 1 unspecified atom stereocenters. The molecule has 1 nitrogen and oxygen atoms in total. The summed E-state index contributed by atoms with van der Waals surface area (Å²) in [7, 11) is 0. The van der Waals surface area contributed by atoms with Gasteiger partial charge in [-0.3, -0.25) is 4.90 Å². The number of rotatable bonds is 2. The summed E-state index contributed by atoms with van der Waals surface area (Å²) in [5.74, 6) is 0. The highest BCUT2D eigenvalue weighted by Crippen LogP contribution is 2.26. The molecule has 0 aromatic carbocycles. The molecular formula is C10H13Br2NS. The molecule has 1 aliphatic rings. The summed E-state index contributed by atoms with van der Waals surface area (Å²) in [6.07, 6.45) is 2.64. The molecule has 1 aliphatic heterocycles. The van der Waals surface area contributed by atoms with Crippen molar-refractivity contribution >= 4 is 43.2 Å². The molecule has 1 aromatic rings. The number of halogens is 2. The van der Waals surface area contributed by atoms with Gasteiger partial charge in [-0.25, -0.2) is 0 Å². The minimum Gasteiger partial charge on any atom is -0.297 e. The average Bonchev–Trinajstić information content (AvgIpc) is 2.52. The van der Waals surface area contributed by atoms with Crippen LogP contribution in [-0.4, -0.2) is 22.8 Å². The van der Waals surface area contributed by atoms with E-state index in [9.17, 15) is 0 Å². The molecule has 0 amide bonds. The third-order valence-corrected chi connectivity index (χ3v) is 5.16. The first-order valence-electron chi connectivity index (χ1n) is 4.84. The second kappa shape index (κ2) is 5.10. The number of alkyl halides is 1. The number of likely N-dealkylation sites (tertiary alicyclic amines) is 1. The SMILES string of the molecule is Brc1ccsc1CN1CCCC(Br)C1. The summed E-state index contributed by atoms with van der Waals surface area (Å²) in [4.78, 5) is 4.67. The Kier molecular flexibility index (Phi) is 4.05. The zero-order valence-corrected chi connectivity index (χ0v) is 11.9. The maximum atomic E-state index is 3.70. The van der Waals surface area contributed by atoms with E-state index in [4.69, 9.17) is 0 Å². The molecule has 1 aromatic heterocycles. The van der Waals surface area contributed by atoms with Gasteiger partial charge in [0.2, 0.25) is 0 Å². The largest absolute Gasteiger partial charge is 0.297 e. The van der Waals surface area contributed by atoms with Crippen LogP contribution in [0.3, 0.4) is 0 Å². The smallest absolute Gasteiger partial charge is 0.0339 e. The highest BCUT2D eigenvalue weighted by Gasteiger charge is 2.18. The minimum absolute atomic E-state index is 0.690. The van der Waals surface area contributed by atoms with Gasteiger partial charge in [0.25, 0.3) is 0 Å². The van der Waals surface area contributed by atoms with Gasteiger partial charge in [0.05, 0.1) is 0 Å². The fourth-order valence-electron chi connectivity index (χ4n) is 1.78. The van der Waals surface area contributed by atoms with E-state index >= 15 is 0 Å². The molecule has 0 N–H and O–H groups in total. The maximum Gasteiger partial charge on any atom is 0.0339 e. The number of hydrogen-bond acceptors (Lipinski definition) is 2. The summed E-state index contributed by atoms with van der Waals surface area (Å²) in [5.41, 5.74) is 0. The van der Waals surface area contributed by atoms with Crippen LogP contribution in [0.1, 0.15) is 17.7 Å². The summed E-state index contributed by atoms with van der Waals surface area (Å²) >= 11 is 9.12. The van der Waals surface area contributed by atoms with Crippen molar-refractivity contribution in [2.75, 3.05) is 13.1 Å².